The molecular weight excluding hydrogens is 485 g/mol. The van der Waals surface area contributed by atoms with Crippen LogP contribution in [0, 0.1) is 17.5 Å². The molecular formula is C27H29F3N4O3. The second-order valence-corrected chi connectivity index (χ2v) is 9.03. The minimum Gasteiger partial charge on any atom is -0.394 e. The molecule has 2 heterocycles. The minimum absolute atomic E-state index is 0.0997. The van der Waals surface area contributed by atoms with E-state index in [9.17, 15) is 23.1 Å². The number of benzene rings is 2. The van der Waals surface area contributed by atoms with Crippen LogP contribution < -0.4 is 16.4 Å². The first-order chi connectivity index (χ1) is 17.8. The van der Waals surface area contributed by atoms with Gasteiger partial charge in [0.15, 0.2) is 0 Å². The zero-order valence-corrected chi connectivity index (χ0v) is 20.1. The van der Waals surface area contributed by atoms with Crippen molar-refractivity contribution in [2.45, 2.75) is 37.5 Å². The average Bonchev–Trinajstić information content (AvgIpc) is 2.90. The fourth-order valence-electron chi connectivity index (χ4n) is 4.30. The van der Waals surface area contributed by atoms with E-state index in [1.54, 1.807) is 6.07 Å². The first-order valence-corrected chi connectivity index (χ1v) is 12.0. The van der Waals surface area contributed by atoms with Crippen LogP contribution in [0.4, 0.5) is 18.9 Å². The molecule has 0 bridgehead atoms. The minimum atomic E-state index is -1.00. The summed E-state index contributed by atoms with van der Waals surface area (Å²) in [5, 5.41) is 15.1. The van der Waals surface area contributed by atoms with E-state index in [1.165, 1.54) is 42.6 Å². The first-order valence-electron chi connectivity index (χ1n) is 12.0. The van der Waals surface area contributed by atoms with Gasteiger partial charge in [-0.3, -0.25) is 9.78 Å². The predicted molar refractivity (Wildman–Crippen MR) is 133 cm³/mol. The second kappa shape index (κ2) is 12.3. The Morgan fingerprint density at radius 1 is 1.11 bits per heavy atom. The number of carbonyl (C=O) groups is 1. The number of aromatic nitrogens is 1. The van der Waals surface area contributed by atoms with Gasteiger partial charge in [-0.25, -0.2) is 13.2 Å². The standard InChI is InChI=1S/C27H29F3N4O3/c28-18-4-2-17(3-5-18)22-9-16(1-8-23(22)29)10-25(31)27(36)34-26-14-33-13-24(30)21(26)7-6-19-11-32-12-20(15-35)37-19/h1-5,8-9,13-14,19-20,25,32,35H,6-7,10-12,15,31H2,(H,34,36)/t19-,20+,25+/m1/s1. The fourth-order valence-corrected chi connectivity index (χ4v) is 4.30. The summed E-state index contributed by atoms with van der Waals surface area (Å²) in [6, 6.07) is 8.81. The van der Waals surface area contributed by atoms with Crippen molar-refractivity contribution in [1.82, 2.24) is 10.3 Å². The van der Waals surface area contributed by atoms with Gasteiger partial charge in [-0.1, -0.05) is 18.2 Å². The lowest BCUT2D eigenvalue weighted by molar-refractivity contribution is -0.117. The second-order valence-electron chi connectivity index (χ2n) is 9.03. The number of amides is 1. The van der Waals surface area contributed by atoms with Crippen molar-refractivity contribution < 1.29 is 27.8 Å². The van der Waals surface area contributed by atoms with Crippen LogP contribution in [-0.4, -0.2) is 53.9 Å². The number of halogens is 3. The number of aliphatic hydroxyl groups excluding tert-OH is 1. The number of anilines is 1. The predicted octanol–water partition coefficient (Wildman–Crippen LogP) is 2.96. The van der Waals surface area contributed by atoms with Crippen LogP contribution in [0.25, 0.3) is 11.1 Å². The van der Waals surface area contributed by atoms with Gasteiger partial charge in [0.1, 0.15) is 17.5 Å². The van der Waals surface area contributed by atoms with Crippen molar-refractivity contribution >= 4 is 11.6 Å². The maximum absolute atomic E-state index is 14.6. The first kappa shape index (κ1) is 26.7. The maximum Gasteiger partial charge on any atom is 0.241 e. The van der Waals surface area contributed by atoms with Crippen LogP contribution in [0.2, 0.25) is 0 Å². The van der Waals surface area contributed by atoms with Crippen LogP contribution in [-0.2, 0) is 22.4 Å². The Labute approximate surface area is 212 Å². The van der Waals surface area contributed by atoms with Gasteiger partial charge in [-0.15, -0.1) is 0 Å². The number of morpholine rings is 1. The van der Waals surface area contributed by atoms with Gasteiger partial charge >= 0.3 is 0 Å². The molecule has 4 rings (SSSR count). The van der Waals surface area contributed by atoms with E-state index >= 15 is 0 Å². The molecule has 10 heteroatoms. The fraction of sp³-hybridized carbons (Fsp3) is 0.333. The van der Waals surface area contributed by atoms with Crippen molar-refractivity contribution in [2.75, 3.05) is 25.0 Å². The number of aliphatic hydroxyl groups is 1. The van der Waals surface area contributed by atoms with Crippen LogP contribution in [0.1, 0.15) is 17.5 Å². The Morgan fingerprint density at radius 2 is 1.86 bits per heavy atom. The lowest BCUT2D eigenvalue weighted by atomic mass is 9.98. The van der Waals surface area contributed by atoms with E-state index in [0.717, 1.165) is 6.20 Å². The number of pyridine rings is 1. The molecule has 3 atom stereocenters. The summed E-state index contributed by atoms with van der Waals surface area (Å²) in [7, 11) is 0. The lowest BCUT2D eigenvalue weighted by Crippen LogP contribution is -2.46. The van der Waals surface area contributed by atoms with Crippen molar-refractivity contribution in [3.63, 3.8) is 0 Å². The SMILES string of the molecule is N[C@@H](Cc1ccc(F)c(-c2ccc(F)cc2)c1)C(=O)Nc1cncc(F)c1CC[C@@H]1CNC[C@@H](CO)O1. The number of nitrogens with zero attached hydrogens (tertiary/aromatic N) is 1. The van der Waals surface area contributed by atoms with E-state index in [-0.39, 0.29) is 48.5 Å². The highest BCUT2D eigenvalue weighted by atomic mass is 19.1. The number of ether oxygens (including phenoxy) is 1. The van der Waals surface area contributed by atoms with Crippen molar-refractivity contribution in [3.8, 4) is 11.1 Å². The molecule has 2 aromatic carbocycles. The van der Waals surface area contributed by atoms with Crippen molar-refractivity contribution in [2.24, 2.45) is 5.73 Å². The van der Waals surface area contributed by atoms with Crippen LogP contribution in [0.3, 0.4) is 0 Å². The normalized spacial score (nSPS) is 18.4. The van der Waals surface area contributed by atoms with Gasteiger partial charge in [-0.05, 0) is 54.7 Å². The molecule has 1 amide bonds. The lowest BCUT2D eigenvalue weighted by Gasteiger charge is -2.30. The molecule has 0 radical (unpaired) electrons. The monoisotopic (exact) mass is 514 g/mol. The summed E-state index contributed by atoms with van der Waals surface area (Å²) in [5.74, 6) is -2.01. The third kappa shape index (κ3) is 6.92. The molecule has 0 aliphatic carbocycles. The largest absolute Gasteiger partial charge is 0.394 e. The highest BCUT2D eigenvalue weighted by Gasteiger charge is 2.23. The molecule has 5 N–H and O–H groups in total. The Hall–Kier alpha value is -3.31. The molecule has 37 heavy (non-hydrogen) atoms. The Morgan fingerprint density at radius 3 is 2.62 bits per heavy atom. The molecule has 1 fully saturated rings. The summed E-state index contributed by atoms with van der Waals surface area (Å²) in [6.45, 7) is 1.02. The van der Waals surface area contributed by atoms with Gasteiger partial charge in [-0.2, -0.15) is 0 Å². The van der Waals surface area contributed by atoms with Crippen LogP contribution in [0.15, 0.2) is 54.9 Å². The Kier molecular flexibility index (Phi) is 8.88. The smallest absolute Gasteiger partial charge is 0.241 e. The Balaban J connectivity index is 1.42. The Bertz CT molecular complexity index is 1230. The van der Waals surface area contributed by atoms with Crippen LogP contribution in [0.5, 0.6) is 0 Å². The quantitative estimate of drug-likeness (QED) is 0.350. The number of hydrogen-bond donors (Lipinski definition) is 4. The van der Waals surface area contributed by atoms with Crippen molar-refractivity contribution in [1.29, 1.82) is 0 Å². The maximum atomic E-state index is 14.6. The molecule has 1 aliphatic rings. The molecule has 1 aliphatic heterocycles. The third-order valence-electron chi connectivity index (χ3n) is 6.29. The van der Waals surface area contributed by atoms with E-state index in [2.05, 4.69) is 15.6 Å². The molecule has 7 nitrogen and oxygen atoms in total. The van der Waals surface area contributed by atoms with E-state index in [4.69, 9.17) is 10.5 Å². The van der Waals surface area contributed by atoms with E-state index in [0.29, 0.717) is 30.6 Å². The van der Waals surface area contributed by atoms with Gasteiger partial charge in [0.25, 0.3) is 0 Å². The topological polar surface area (TPSA) is 110 Å². The summed E-state index contributed by atoms with van der Waals surface area (Å²) >= 11 is 0. The van der Waals surface area contributed by atoms with Gasteiger partial charge < -0.3 is 26.2 Å². The number of hydrogen-bond acceptors (Lipinski definition) is 6. The van der Waals surface area contributed by atoms with Gasteiger partial charge in [0.2, 0.25) is 5.91 Å². The molecule has 0 unspecified atom stereocenters. The van der Waals surface area contributed by atoms with E-state index in [1.807, 2.05) is 0 Å². The number of rotatable bonds is 9. The summed E-state index contributed by atoms with van der Waals surface area (Å²) < 4.78 is 48.0. The number of nitrogens with two attached hydrogens (primary N) is 1. The zero-order chi connectivity index (χ0) is 26.4. The number of carbonyl (C=O) groups excluding carboxylic acids is 1. The summed E-state index contributed by atoms with van der Waals surface area (Å²) in [5.41, 5.74) is 8.01. The summed E-state index contributed by atoms with van der Waals surface area (Å²) in [4.78, 5) is 16.7. The van der Waals surface area contributed by atoms with E-state index < -0.39 is 29.4 Å². The van der Waals surface area contributed by atoms with Gasteiger partial charge in [0, 0.05) is 24.2 Å². The molecule has 0 saturated carbocycles. The zero-order valence-electron chi connectivity index (χ0n) is 20.1. The summed E-state index contributed by atoms with van der Waals surface area (Å²) in [6.07, 6.45) is 2.78. The number of nitrogens with one attached hydrogen (secondary N) is 2. The molecule has 3 aromatic rings. The van der Waals surface area contributed by atoms with Gasteiger partial charge in [0.05, 0.1) is 42.9 Å². The third-order valence-corrected chi connectivity index (χ3v) is 6.29. The average molecular weight is 515 g/mol. The molecule has 1 saturated heterocycles. The van der Waals surface area contributed by atoms with Crippen LogP contribution >= 0.6 is 0 Å². The molecule has 0 spiro atoms. The van der Waals surface area contributed by atoms with Crippen molar-refractivity contribution in [3.05, 3.63) is 83.4 Å². The highest BCUT2D eigenvalue weighted by molar-refractivity contribution is 5.95. The molecule has 1 aromatic heterocycles. The highest BCUT2D eigenvalue weighted by Crippen LogP contribution is 2.25. The molecule has 196 valence electrons.